The smallest absolute Gasteiger partial charge is 0.317 e. The molecule has 1 saturated carbocycles. The van der Waals surface area contributed by atoms with Crippen LogP contribution in [0, 0.1) is 6.92 Å². The Morgan fingerprint density at radius 3 is 2.48 bits per heavy atom. The summed E-state index contributed by atoms with van der Waals surface area (Å²) >= 11 is 0. The van der Waals surface area contributed by atoms with Crippen LogP contribution in [0.5, 0.6) is 0 Å². The number of hydrogen-bond donors (Lipinski definition) is 1. The summed E-state index contributed by atoms with van der Waals surface area (Å²) in [7, 11) is 1.93. The first-order valence-corrected chi connectivity index (χ1v) is 8.84. The summed E-state index contributed by atoms with van der Waals surface area (Å²) in [6, 6.07) is 0.799. The Kier molecular flexibility index (Phi) is 4.90. The van der Waals surface area contributed by atoms with Gasteiger partial charge in [-0.25, -0.2) is 4.79 Å². The maximum Gasteiger partial charge on any atom is 0.317 e. The lowest BCUT2D eigenvalue weighted by Gasteiger charge is -2.38. The lowest BCUT2D eigenvalue weighted by molar-refractivity contribution is 0.108. The Balaban J connectivity index is 1.50. The van der Waals surface area contributed by atoms with E-state index in [0.29, 0.717) is 0 Å². The first-order valence-electron chi connectivity index (χ1n) is 8.84. The molecule has 6 nitrogen and oxygen atoms in total. The van der Waals surface area contributed by atoms with Gasteiger partial charge in [0, 0.05) is 50.5 Å². The Labute approximate surface area is 138 Å². The molecule has 0 unspecified atom stereocenters. The van der Waals surface area contributed by atoms with E-state index in [1.807, 2.05) is 36.7 Å². The Morgan fingerprint density at radius 1 is 1.26 bits per heavy atom. The van der Waals surface area contributed by atoms with E-state index in [1.54, 1.807) is 0 Å². The van der Waals surface area contributed by atoms with Gasteiger partial charge in [-0.2, -0.15) is 5.10 Å². The second kappa shape index (κ2) is 6.91. The second-order valence-corrected chi connectivity index (χ2v) is 6.94. The quantitative estimate of drug-likeness (QED) is 0.928. The van der Waals surface area contributed by atoms with E-state index in [0.717, 1.165) is 43.5 Å². The van der Waals surface area contributed by atoms with Crippen molar-refractivity contribution >= 4 is 6.03 Å². The Hall–Kier alpha value is -1.56. The molecule has 1 aromatic rings. The van der Waals surface area contributed by atoms with Crippen LogP contribution in [0.1, 0.15) is 49.9 Å². The van der Waals surface area contributed by atoms with Gasteiger partial charge in [0.15, 0.2) is 0 Å². The predicted molar refractivity (Wildman–Crippen MR) is 90.3 cm³/mol. The topological polar surface area (TPSA) is 53.4 Å². The van der Waals surface area contributed by atoms with Crippen LogP contribution in [0.4, 0.5) is 4.79 Å². The highest BCUT2D eigenvalue weighted by molar-refractivity contribution is 5.74. The van der Waals surface area contributed by atoms with Gasteiger partial charge in [-0.05, 0) is 26.7 Å². The maximum atomic E-state index is 12.5. The molecular weight excluding hydrogens is 290 g/mol. The van der Waals surface area contributed by atoms with Crippen molar-refractivity contribution < 1.29 is 4.79 Å². The molecule has 0 bridgehead atoms. The summed E-state index contributed by atoms with van der Waals surface area (Å²) in [6.45, 7) is 7.75. The zero-order chi connectivity index (χ0) is 16.4. The first-order chi connectivity index (χ1) is 11.1. The third-order valence-corrected chi connectivity index (χ3v) is 5.52. The fraction of sp³-hybridized carbons (Fsp3) is 0.765. The molecule has 1 aliphatic carbocycles. The van der Waals surface area contributed by atoms with Crippen LogP contribution < -0.4 is 5.32 Å². The van der Waals surface area contributed by atoms with E-state index in [9.17, 15) is 4.79 Å². The summed E-state index contributed by atoms with van der Waals surface area (Å²) < 4.78 is 1.85. The normalized spacial score (nSPS) is 21.6. The summed E-state index contributed by atoms with van der Waals surface area (Å²) in [4.78, 5) is 17.0. The van der Waals surface area contributed by atoms with Gasteiger partial charge in [-0.1, -0.05) is 12.8 Å². The van der Waals surface area contributed by atoms with E-state index >= 15 is 0 Å². The molecule has 2 heterocycles. The van der Waals surface area contributed by atoms with Crippen molar-refractivity contribution in [2.75, 3.05) is 26.2 Å². The van der Waals surface area contributed by atoms with Gasteiger partial charge in [-0.3, -0.25) is 9.58 Å². The lowest BCUT2D eigenvalue weighted by Crippen LogP contribution is -2.54. The number of amides is 2. The molecule has 0 aromatic carbocycles. The number of nitrogens with one attached hydrogen (secondary N) is 1. The second-order valence-electron chi connectivity index (χ2n) is 6.94. The van der Waals surface area contributed by atoms with Crippen LogP contribution in [-0.2, 0) is 7.05 Å². The minimum absolute atomic E-state index is 0.0101. The van der Waals surface area contributed by atoms with Crippen LogP contribution in [0.2, 0.25) is 0 Å². The molecule has 2 amide bonds. The molecule has 1 N–H and O–H groups in total. The van der Waals surface area contributed by atoms with E-state index in [1.165, 1.54) is 25.7 Å². The molecule has 0 radical (unpaired) electrons. The highest BCUT2D eigenvalue weighted by Crippen LogP contribution is 2.24. The number of carbonyl (C=O) groups excluding carboxylic acids is 1. The molecule has 23 heavy (non-hydrogen) atoms. The fourth-order valence-corrected chi connectivity index (χ4v) is 3.85. The molecule has 1 aromatic heterocycles. The maximum absolute atomic E-state index is 12.5. The molecule has 1 saturated heterocycles. The van der Waals surface area contributed by atoms with Gasteiger partial charge in [0.1, 0.15) is 0 Å². The van der Waals surface area contributed by atoms with Crippen molar-refractivity contribution in [3.05, 3.63) is 17.5 Å². The van der Waals surface area contributed by atoms with Crippen LogP contribution in [0.25, 0.3) is 0 Å². The Morgan fingerprint density at radius 2 is 1.91 bits per heavy atom. The minimum Gasteiger partial charge on any atom is -0.331 e. The molecule has 2 fully saturated rings. The molecule has 1 atom stereocenters. The average molecular weight is 319 g/mol. The van der Waals surface area contributed by atoms with Crippen molar-refractivity contribution in [3.63, 3.8) is 0 Å². The molecule has 0 spiro atoms. The first kappa shape index (κ1) is 16.3. The van der Waals surface area contributed by atoms with Gasteiger partial charge in [0.05, 0.1) is 12.2 Å². The zero-order valence-electron chi connectivity index (χ0n) is 14.6. The number of aromatic nitrogens is 2. The summed E-state index contributed by atoms with van der Waals surface area (Å²) in [5.41, 5.74) is 2.19. The monoisotopic (exact) mass is 319 g/mol. The standard InChI is InChI=1S/C17H29N5O/c1-13(16-12-18-20(3)14(16)2)19-17(23)22-10-8-21(9-11-22)15-6-4-5-7-15/h12-13,15H,4-11H2,1-3H3,(H,19,23)/t13-/m0/s1. The number of aryl methyl sites for hydroxylation is 1. The summed E-state index contributed by atoms with van der Waals surface area (Å²) in [5, 5.41) is 7.38. The van der Waals surface area contributed by atoms with Crippen LogP contribution in [-0.4, -0.2) is 57.8 Å². The van der Waals surface area contributed by atoms with E-state index in [-0.39, 0.29) is 12.1 Å². The van der Waals surface area contributed by atoms with Crippen molar-refractivity contribution in [1.29, 1.82) is 0 Å². The van der Waals surface area contributed by atoms with Gasteiger partial charge < -0.3 is 10.2 Å². The van der Waals surface area contributed by atoms with Gasteiger partial charge >= 0.3 is 6.03 Å². The number of hydrogen-bond acceptors (Lipinski definition) is 3. The number of rotatable bonds is 3. The third kappa shape index (κ3) is 3.52. The molecule has 2 aliphatic rings. The Bertz CT molecular complexity index is 541. The van der Waals surface area contributed by atoms with Crippen LogP contribution >= 0.6 is 0 Å². The number of urea groups is 1. The third-order valence-electron chi connectivity index (χ3n) is 5.52. The van der Waals surface area contributed by atoms with E-state index in [4.69, 9.17) is 0 Å². The van der Waals surface area contributed by atoms with Crippen molar-refractivity contribution in [2.45, 2.75) is 51.6 Å². The van der Waals surface area contributed by atoms with E-state index < -0.39 is 0 Å². The van der Waals surface area contributed by atoms with Gasteiger partial charge in [0.2, 0.25) is 0 Å². The zero-order valence-corrected chi connectivity index (χ0v) is 14.6. The number of carbonyl (C=O) groups is 1. The van der Waals surface area contributed by atoms with Gasteiger partial charge in [-0.15, -0.1) is 0 Å². The molecule has 3 rings (SSSR count). The molecule has 1 aliphatic heterocycles. The highest BCUT2D eigenvalue weighted by Gasteiger charge is 2.28. The van der Waals surface area contributed by atoms with E-state index in [2.05, 4.69) is 15.3 Å². The number of piperazine rings is 1. The summed E-state index contributed by atoms with van der Waals surface area (Å²) in [5.74, 6) is 0. The van der Waals surface area contributed by atoms with Gasteiger partial charge in [0.25, 0.3) is 0 Å². The van der Waals surface area contributed by atoms with Crippen molar-refractivity contribution in [1.82, 2.24) is 24.9 Å². The minimum atomic E-state index is -0.0101. The molecular formula is C17H29N5O. The summed E-state index contributed by atoms with van der Waals surface area (Å²) in [6.07, 6.45) is 7.26. The lowest BCUT2D eigenvalue weighted by atomic mass is 10.1. The molecule has 6 heteroatoms. The number of nitrogens with zero attached hydrogens (tertiary/aromatic N) is 4. The largest absolute Gasteiger partial charge is 0.331 e. The SMILES string of the molecule is Cc1c([C@H](C)NC(=O)N2CCN(C3CCCC3)CC2)cnn1C. The predicted octanol–water partition coefficient (Wildman–Crippen LogP) is 2.06. The molecule has 128 valence electrons. The highest BCUT2D eigenvalue weighted by atomic mass is 16.2. The van der Waals surface area contributed by atoms with Crippen LogP contribution in [0.15, 0.2) is 6.20 Å². The fourth-order valence-electron chi connectivity index (χ4n) is 3.85. The van der Waals surface area contributed by atoms with Crippen molar-refractivity contribution in [3.8, 4) is 0 Å². The average Bonchev–Trinajstić information content (AvgIpc) is 3.19. The van der Waals surface area contributed by atoms with Crippen molar-refractivity contribution in [2.24, 2.45) is 7.05 Å². The van der Waals surface area contributed by atoms with Crippen LogP contribution in [0.3, 0.4) is 0 Å².